The van der Waals surface area contributed by atoms with Gasteiger partial charge in [0.1, 0.15) is 0 Å². The van der Waals surface area contributed by atoms with Crippen molar-refractivity contribution in [2.45, 2.75) is 5.79 Å². The predicted molar refractivity (Wildman–Crippen MR) is 125 cm³/mol. The van der Waals surface area contributed by atoms with Gasteiger partial charge in [0.25, 0.3) is 5.91 Å². The SMILES string of the molecule is CN1CCN(C(=O)c2cc(Cl)c3c(c2Cl)OC(c2ccccc2)(c2ccccc2)O3)CC1. The first-order valence-electron chi connectivity index (χ1n) is 10.5. The highest BCUT2D eigenvalue weighted by Gasteiger charge is 2.48. The van der Waals surface area contributed by atoms with Crippen LogP contribution in [-0.2, 0) is 5.79 Å². The summed E-state index contributed by atoms with van der Waals surface area (Å²) >= 11 is 13.4. The number of fused-ring (bicyclic) bond motifs is 1. The van der Waals surface area contributed by atoms with Gasteiger partial charge in [-0.05, 0) is 13.1 Å². The fourth-order valence-corrected chi connectivity index (χ4v) is 4.63. The third-order valence-corrected chi connectivity index (χ3v) is 6.61. The quantitative estimate of drug-likeness (QED) is 0.538. The molecule has 0 aromatic heterocycles. The lowest BCUT2D eigenvalue weighted by atomic mass is 9.97. The third-order valence-electron chi connectivity index (χ3n) is 5.95. The molecule has 1 amide bonds. The molecule has 0 unspecified atom stereocenters. The second kappa shape index (κ2) is 8.32. The zero-order valence-corrected chi connectivity index (χ0v) is 19.1. The van der Waals surface area contributed by atoms with Gasteiger partial charge in [-0.15, -0.1) is 0 Å². The van der Waals surface area contributed by atoms with E-state index in [-0.39, 0.29) is 21.7 Å². The van der Waals surface area contributed by atoms with Crippen LogP contribution >= 0.6 is 23.2 Å². The van der Waals surface area contributed by atoms with E-state index in [2.05, 4.69) is 4.90 Å². The van der Waals surface area contributed by atoms with E-state index in [0.29, 0.717) is 24.4 Å². The summed E-state index contributed by atoms with van der Waals surface area (Å²) in [6.45, 7) is 2.89. The molecule has 7 heteroatoms. The van der Waals surface area contributed by atoms with Gasteiger partial charge in [0.15, 0.2) is 11.5 Å². The van der Waals surface area contributed by atoms with Crippen molar-refractivity contribution in [3.05, 3.63) is 93.5 Å². The average molecular weight is 469 g/mol. The summed E-state index contributed by atoms with van der Waals surface area (Å²) in [6.07, 6.45) is 0. The van der Waals surface area contributed by atoms with Gasteiger partial charge in [-0.3, -0.25) is 4.79 Å². The number of carbonyl (C=O) groups excluding carboxylic acids is 1. The number of piperazine rings is 1. The van der Waals surface area contributed by atoms with Crippen molar-refractivity contribution in [1.82, 2.24) is 9.80 Å². The Bertz CT molecular complexity index is 1110. The molecule has 1 saturated heterocycles. The van der Waals surface area contributed by atoms with Crippen LogP contribution in [0.15, 0.2) is 66.7 Å². The van der Waals surface area contributed by atoms with Gasteiger partial charge in [0.2, 0.25) is 0 Å². The summed E-state index contributed by atoms with van der Waals surface area (Å²) in [5.41, 5.74) is 1.91. The molecule has 0 aliphatic carbocycles. The lowest BCUT2D eigenvalue weighted by Gasteiger charge is -2.32. The number of rotatable bonds is 3. The molecule has 0 N–H and O–H groups in total. The third kappa shape index (κ3) is 3.51. The molecule has 2 aliphatic rings. The van der Waals surface area contributed by atoms with Gasteiger partial charge < -0.3 is 19.3 Å². The van der Waals surface area contributed by atoms with Crippen molar-refractivity contribution in [3.63, 3.8) is 0 Å². The highest BCUT2D eigenvalue weighted by molar-refractivity contribution is 6.38. The molecule has 0 radical (unpaired) electrons. The van der Waals surface area contributed by atoms with E-state index in [1.165, 1.54) is 0 Å². The molecule has 32 heavy (non-hydrogen) atoms. The minimum absolute atomic E-state index is 0.159. The van der Waals surface area contributed by atoms with Gasteiger partial charge in [-0.2, -0.15) is 0 Å². The van der Waals surface area contributed by atoms with Crippen molar-refractivity contribution >= 4 is 29.1 Å². The normalized spacial score (nSPS) is 17.4. The summed E-state index contributed by atoms with van der Waals surface area (Å²) in [5.74, 6) is -0.801. The second-order valence-electron chi connectivity index (χ2n) is 8.03. The van der Waals surface area contributed by atoms with Crippen LogP contribution in [-0.4, -0.2) is 48.9 Å². The average Bonchev–Trinajstić information content (AvgIpc) is 3.26. The molecule has 2 aliphatic heterocycles. The number of hydrogen-bond donors (Lipinski definition) is 0. The van der Waals surface area contributed by atoms with E-state index in [1.54, 1.807) is 11.0 Å². The largest absolute Gasteiger partial charge is 0.439 e. The molecule has 1 fully saturated rings. The Kier molecular flexibility index (Phi) is 5.49. The maximum Gasteiger partial charge on any atom is 0.305 e. The van der Waals surface area contributed by atoms with Gasteiger partial charge in [0, 0.05) is 37.3 Å². The minimum Gasteiger partial charge on any atom is -0.439 e. The topological polar surface area (TPSA) is 42.0 Å². The van der Waals surface area contributed by atoms with Crippen molar-refractivity contribution in [1.29, 1.82) is 0 Å². The molecule has 164 valence electrons. The van der Waals surface area contributed by atoms with Crippen LogP contribution in [0.2, 0.25) is 10.0 Å². The van der Waals surface area contributed by atoms with Crippen molar-refractivity contribution in [3.8, 4) is 11.5 Å². The second-order valence-corrected chi connectivity index (χ2v) is 8.81. The molecule has 5 nitrogen and oxygen atoms in total. The molecule has 3 aromatic rings. The van der Waals surface area contributed by atoms with Crippen LogP contribution in [0.4, 0.5) is 0 Å². The Morgan fingerprint density at radius 2 is 1.38 bits per heavy atom. The molecule has 0 saturated carbocycles. The monoisotopic (exact) mass is 468 g/mol. The summed E-state index contributed by atoms with van der Waals surface area (Å²) < 4.78 is 12.9. The van der Waals surface area contributed by atoms with E-state index >= 15 is 0 Å². The number of likely N-dealkylation sites (N-methyl/N-ethyl adjacent to an activating group) is 1. The molecule has 0 atom stereocenters. The Hall–Kier alpha value is -2.73. The van der Waals surface area contributed by atoms with Crippen molar-refractivity contribution < 1.29 is 14.3 Å². The van der Waals surface area contributed by atoms with Crippen LogP contribution in [0.5, 0.6) is 11.5 Å². The standard InChI is InChI=1S/C25H22Cl2N2O3/c1-28-12-14-29(15-13-28)24(30)19-16-20(26)22-23(21(19)27)32-25(31-22,17-8-4-2-5-9-17)18-10-6-3-7-11-18/h2-11,16H,12-15H2,1H3. The highest BCUT2D eigenvalue weighted by atomic mass is 35.5. The van der Waals surface area contributed by atoms with E-state index in [9.17, 15) is 4.79 Å². The first-order valence-corrected chi connectivity index (χ1v) is 11.2. The summed E-state index contributed by atoms with van der Waals surface area (Å²) in [7, 11) is 2.04. The van der Waals surface area contributed by atoms with Crippen molar-refractivity contribution in [2.24, 2.45) is 0 Å². The zero-order chi connectivity index (χ0) is 22.3. The van der Waals surface area contributed by atoms with Crippen LogP contribution < -0.4 is 9.47 Å². The fourth-order valence-electron chi connectivity index (χ4n) is 4.13. The zero-order valence-electron chi connectivity index (χ0n) is 17.6. The number of hydrogen-bond acceptors (Lipinski definition) is 4. The lowest BCUT2D eigenvalue weighted by molar-refractivity contribution is -0.0458. The molecular weight excluding hydrogens is 447 g/mol. The van der Waals surface area contributed by atoms with Crippen LogP contribution in [0.1, 0.15) is 21.5 Å². The molecular formula is C25H22Cl2N2O3. The predicted octanol–water partition coefficient (Wildman–Crippen LogP) is 5.05. The summed E-state index contributed by atoms with van der Waals surface area (Å²) in [4.78, 5) is 17.2. The Morgan fingerprint density at radius 3 is 1.94 bits per heavy atom. The Labute approximate surface area is 197 Å². The first-order chi connectivity index (χ1) is 15.5. The lowest BCUT2D eigenvalue weighted by Crippen LogP contribution is -2.47. The summed E-state index contributed by atoms with van der Waals surface area (Å²) in [5, 5.41) is 0.498. The van der Waals surface area contributed by atoms with Crippen molar-refractivity contribution in [2.75, 3.05) is 33.2 Å². The van der Waals surface area contributed by atoms with E-state index in [1.807, 2.05) is 67.7 Å². The molecule has 2 heterocycles. The van der Waals surface area contributed by atoms with Crippen LogP contribution in [0.25, 0.3) is 0 Å². The van der Waals surface area contributed by atoms with Gasteiger partial charge in [-0.25, -0.2) is 0 Å². The first kappa shape index (κ1) is 21.1. The van der Waals surface area contributed by atoms with E-state index in [0.717, 1.165) is 24.2 Å². The summed E-state index contributed by atoms with van der Waals surface area (Å²) in [6, 6.07) is 20.8. The number of benzene rings is 3. The fraction of sp³-hybridized carbons (Fsp3) is 0.240. The highest BCUT2D eigenvalue weighted by Crippen LogP contribution is 2.54. The maximum atomic E-state index is 13.2. The molecule has 5 rings (SSSR count). The van der Waals surface area contributed by atoms with Gasteiger partial charge in [-0.1, -0.05) is 83.9 Å². The molecule has 3 aromatic carbocycles. The Balaban J connectivity index is 1.58. The number of halogens is 2. The number of carbonyl (C=O) groups is 1. The van der Waals surface area contributed by atoms with Crippen LogP contribution in [0, 0.1) is 0 Å². The number of nitrogens with zero attached hydrogens (tertiary/aromatic N) is 2. The van der Waals surface area contributed by atoms with Gasteiger partial charge in [0.05, 0.1) is 15.6 Å². The van der Waals surface area contributed by atoms with E-state index in [4.69, 9.17) is 32.7 Å². The maximum absolute atomic E-state index is 13.2. The van der Waals surface area contributed by atoms with Crippen LogP contribution in [0.3, 0.4) is 0 Å². The minimum atomic E-state index is -1.26. The van der Waals surface area contributed by atoms with E-state index < -0.39 is 5.79 Å². The molecule has 0 spiro atoms. The Morgan fingerprint density at radius 1 is 0.844 bits per heavy atom. The number of ether oxygens (including phenoxy) is 2. The van der Waals surface area contributed by atoms with Gasteiger partial charge >= 0.3 is 5.79 Å². The number of amides is 1. The smallest absolute Gasteiger partial charge is 0.305 e. The molecule has 0 bridgehead atoms.